The quantitative estimate of drug-likeness (QED) is 0.920. The molecule has 0 saturated carbocycles. The fourth-order valence-corrected chi connectivity index (χ4v) is 2.77. The molecule has 130 valence electrons. The molecule has 1 aromatic rings. The summed E-state index contributed by atoms with van der Waals surface area (Å²) in [4.78, 5) is 17.7. The molecule has 25 heavy (non-hydrogen) atoms. The second-order valence-corrected chi connectivity index (χ2v) is 5.23. The third-order valence-corrected chi connectivity index (χ3v) is 3.85. The molecule has 1 aromatic carbocycles. The number of allylic oxidation sites excluding steroid dienone is 1. The minimum Gasteiger partial charge on any atom is -0.313 e. The van der Waals surface area contributed by atoms with Gasteiger partial charge >= 0.3 is 0 Å². The summed E-state index contributed by atoms with van der Waals surface area (Å²) in [6, 6.07) is 9.96. The van der Waals surface area contributed by atoms with Crippen molar-refractivity contribution >= 4 is 23.5 Å². The Hall–Kier alpha value is -2.91. The number of rotatable bonds is 3. The summed E-state index contributed by atoms with van der Waals surface area (Å²) in [5, 5.41) is 11.0. The van der Waals surface area contributed by atoms with Crippen LogP contribution in [0.5, 0.6) is 0 Å². The van der Waals surface area contributed by atoms with E-state index in [9.17, 15) is 4.79 Å². The molecule has 6 nitrogen and oxygen atoms in total. The lowest BCUT2D eigenvalue weighted by molar-refractivity contribution is -0.116. The standard InChI is InChI=1S/C17H17N5O.C2H6/c1-3-21(12(2)23)15-6-4-5-13(9-15)16-7-8-19-17-14(10-18)11-20-22(16)17;1-2/h4-9,20H,3,11H2,1-2H3;1-2H3. The number of carbonyl (C=O) groups excluding carboxylic acids is 1. The van der Waals surface area contributed by atoms with Crippen LogP contribution in [-0.2, 0) is 4.79 Å². The average Bonchev–Trinajstić information content (AvgIpc) is 3.07. The van der Waals surface area contributed by atoms with E-state index < -0.39 is 0 Å². The number of anilines is 1. The number of amides is 1. The van der Waals surface area contributed by atoms with Gasteiger partial charge in [-0.05, 0) is 25.1 Å². The van der Waals surface area contributed by atoms with Crippen LogP contribution in [0.3, 0.4) is 0 Å². The predicted molar refractivity (Wildman–Crippen MR) is 100 cm³/mol. The van der Waals surface area contributed by atoms with Crippen molar-refractivity contribution in [1.29, 1.82) is 5.26 Å². The summed E-state index contributed by atoms with van der Waals surface area (Å²) < 4.78 is 0. The first-order valence-electron chi connectivity index (χ1n) is 8.45. The minimum absolute atomic E-state index is 0.00971. The highest BCUT2D eigenvalue weighted by molar-refractivity contribution is 5.93. The van der Waals surface area contributed by atoms with Gasteiger partial charge in [-0.1, -0.05) is 26.0 Å². The molecule has 2 aliphatic heterocycles. The first-order valence-corrected chi connectivity index (χ1v) is 8.45. The van der Waals surface area contributed by atoms with Crippen molar-refractivity contribution in [3.8, 4) is 6.07 Å². The third-order valence-electron chi connectivity index (χ3n) is 3.85. The van der Waals surface area contributed by atoms with E-state index in [4.69, 9.17) is 5.26 Å². The average molecular weight is 337 g/mol. The van der Waals surface area contributed by atoms with Crippen molar-refractivity contribution in [3.05, 3.63) is 47.3 Å². The number of hydrazine groups is 1. The molecule has 0 atom stereocenters. The monoisotopic (exact) mass is 337 g/mol. The van der Waals surface area contributed by atoms with Gasteiger partial charge in [-0.2, -0.15) is 5.26 Å². The van der Waals surface area contributed by atoms with Crippen LogP contribution in [0.2, 0.25) is 0 Å². The maximum atomic E-state index is 11.8. The van der Waals surface area contributed by atoms with Gasteiger partial charge in [-0.15, -0.1) is 0 Å². The predicted octanol–water partition coefficient (Wildman–Crippen LogP) is 3.07. The van der Waals surface area contributed by atoms with Gasteiger partial charge in [0.15, 0.2) is 5.82 Å². The van der Waals surface area contributed by atoms with Crippen LogP contribution in [0, 0.1) is 11.3 Å². The zero-order valence-corrected chi connectivity index (χ0v) is 15.1. The number of benzene rings is 1. The van der Waals surface area contributed by atoms with Crippen LogP contribution in [-0.4, -0.2) is 30.2 Å². The number of nitriles is 1. The van der Waals surface area contributed by atoms with Gasteiger partial charge in [-0.3, -0.25) is 9.80 Å². The number of aliphatic imine (C=N–C) groups is 1. The Kier molecular flexibility index (Phi) is 6.09. The van der Waals surface area contributed by atoms with Crippen molar-refractivity contribution in [3.63, 3.8) is 0 Å². The molecule has 0 unspecified atom stereocenters. The summed E-state index contributed by atoms with van der Waals surface area (Å²) in [5.41, 5.74) is 6.49. The van der Waals surface area contributed by atoms with E-state index in [1.807, 2.05) is 56.1 Å². The van der Waals surface area contributed by atoms with Crippen molar-refractivity contribution in [2.24, 2.45) is 4.99 Å². The SMILES string of the molecule is CC.CCN(C(C)=O)c1cccc(C2=CC=NC3=C(C#N)CNN23)c1. The van der Waals surface area contributed by atoms with Gasteiger partial charge in [-0.25, -0.2) is 10.4 Å². The van der Waals surface area contributed by atoms with E-state index in [2.05, 4.69) is 16.5 Å². The second-order valence-electron chi connectivity index (χ2n) is 5.23. The molecule has 3 rings (SSSR count). The van der Waals surface area contributed by atoms with Gasteiger partial charge in [0, 0.05) is 30.9 Å². The fourth-order valence-electron chi connectivity index (χ4n) is 2.77. The molecule has 6 heteroatoms. The zero-order chi connectivity index (χ0) is 18.4. The van der Waals surface area contributed by atoms with Gasteiger partial charge in [0.05, 0.1) is 17.8 Å². The molecule has 0 aromatic heterocycles. The Bertz CT molecular complexity index is 785. The van der Waals surface area contributed by atoms with Crippen molar-refractivity contribution in [2.75, 3.05) is 18.0 Å². The van der Waals surface area contributed by atoms with Crippen LogP contribution >= 0.6 is 0 Å². The highest BCUT2D eigenvalue weighted by Gasteiger charge is 2.27. The summed E-state index contributed by atoms with van der Waals surface area (Å²) in [5.74, 6) is 0.643. The lowest BCUT2D eigenvalue weighted by Crippen LogP contribution is -2.31. The highest BCUT2D eigenvalue weighted by atomic mass is 16.2. The van der Waals surface area contributed by atoms with Crippen LogP contribution in [0.1, 0.15) is 33.3 Å². The number of hydrogen-bond acceptors (Lipinski definition) is 5. The van der Waals surface area contributed by atoms with Crippen LogP contribution in [0.15, 0.2) is 46.7 Å². The molecular weight excluding hydrogens is 314 g/mol. The van der Waals surface area contributed by atoms with Gasteiger partial charge in [0.25, 0.3) is 0 Å². The molecule has 1 amide bonds. The molecule has 2 heterocycles. The molecule has 0 fully saturated rings. The topological polar surface area (TPSA) is 71.7 Å². The normalized spacial score (nSPS) is 15.0. The Morgan fingerprint density at radius 3 is 2.84 bits per heavy atom. The van der Waals surface area contributed by atoms with E-state index in [1.165, 1.54) is 0 Å². The lowest BCUT2D eigenvalue weighted by Gasteiger charge is -2.26. The largest absolute Gasteiger partial charge is 0.313 e. The zero-order valence-electron chi connectivity index (χ0n) is 15.1. The number of nitrogens with zero attached hydrogens (tertiary/aromatic N) is 4. The van der Waals surface area contributed by atoms with Gasteiger partial charge in [0.2, 0.25) is 5.91 Å². The number of hydrogen-bond donors (Lipinski definition) is 1. The van der Waals surface area contributed by atoms with E-state index >= 15 is 0 Å². The Labute approximate surface area is 148 Å². The summed E-state index contributed by atoms with van der Waals surface area (Å²) in [6.07, 6.45) is 3.58. The fraction of sp³-hybridized carbons (Fsp3) is 0.316. The first-order chi connectivity index (χ1) is 12.2. The molecule has 0 bridgehead atoms. The molecule has 0 radical (unpaired) electrons. The van der Waals surface area contributed by atoms with Crippen molar-refractivity contribution in [1.82, 2.24) is 10.4 Å². The molecule has 2 aliphatic rings. The highest BCUT2D eigenvalue weighted by Crippen LogP contribution is 2.31. The molecule has 1 N–H and O–H groups in total. The maximum Gasteiger partial charge on any atom is 0.223 e. The Morgan fingerprint density at radius 1 is 1.44 bits per heavy atom. The Balaban J connectivity index is 0.00000109. The lowest BCUT2D eigenvalue weighted by atomic mass is 10.1. The van der Waals surface area contributed by atoms with E-state index in [0.29, 0.717) is 24.5 Å². The summed E-state index contributed by atoms with van der Waals surface area (Å²) in [6.45, 7) is 8.59. The van der Waals surface area contributed by atoms with Crippen LogP contribution in [0.25, 0.3) is 5.70 Å². The number of nitrogens with one attached hydrogen (secondary N) is 1. The molecule has 0 spiro atoms. The van der Waals surface area contributed by atoms with Crippen LogP contribution < -0.4 is 10.3 Å². The van der Waals surface area contributed by atoms with E-state index in [0.717, 1.165) is 16.9 Å². The third kappa shape index (κ3) is 3.62. The molecule has 0 aliphatic carbocycles. The van der Waals surface area contributed by atoms with Gasteiger partial charge in [0.1, 0.15) is 6.07 Å². The molecule has 0 saturated heterocycles. The van der Waals surface area contributed by atoms with Crippen molar-refractivity contribution in [2.45, 2.75) is 27.7 Å². The smallest absolute Gasteiger partial charge is 0.223 e. The van der Waals surface area contributed by atoms with Crippen molar-refractivity contribution < 1.29 is 4.79 Å². The number of carbonyl (C=O) groups is 1. The summed E-state index contributed by atoms with van der Waals surface area (Å²) >= 11 is 0. The Morgan fingerprint density at radius 2 is 2.20 bits per heavy atom. The van der Waals surface area contributed by atoms with Gasteiger partial charge < -0.3 is 4.90 Å². The summed E-state index contributed by atoms with van der Waals surface area (Å²) in [7, 11) is 0. The number of fused-ring (bicyclic) bond motifs is 1. The first kappa shape index (κ1) is 18.4. The molecular formula is C19H23N5O. The minimum atomic E-state index is 0.00971. The van der Waals surface area contributed by atoms with E-state index in [-0.39, 0.29) is 5.91 Å². The second kappa shape index (κ2) is 8.27. The maximum absolute atomic E-state index is 11.8. The van der Waals surface area contributed by atoms with Crippen LogP contribution in [0.4, 0.5) is 5.69 Å². The van der Waals surface area contributed by atoms with E-state index in [1.54, 1.807) is 18.0 Å².